The van der Waals surface area contributed by atoms with E-state index in [9.17, 15) is 4.79 Å². The van der Waals surface area contributed by atoms with Crippen molar-refractivity contribution in [3.63, 3.8) is 0 Å². The third-order valence-corrected chi connectivity index (χ3v) is 3.33. The van der Waals surface area contributed by atoms with Gasteiger partial charge >= 0.3 is 5.97 Å². The highest BCUT2D eigenvalue weighted by Gasteiger charge is 2.08. The van der Waals surface area contributed by atoms with Crippen molar-refractivity contribution >= 4 is 33.2 Å². The van der Waals surface area contributed by atoms with Crippen LogP contribution in [0.5, 0.6) is 5.75 Å². The second-order valence-corrected chi connectivity index (χ2v) is 4.79. The van der Waals surface area contributed by atoms with Crippen molar-refractivity contribution in [2.45, 2.75) is 6.61 Å². The number of nitrogens with zero attached hydrogens (tertiary/aromatic N) is 1. The minimum atomic E-state index is -0.976. The molecule has 17 heavy (non-hydrogen) atoms. The van der Waals surface area contributed by atoms with Crippen LogP contribution in [0.25, 0.3) is 0 Å². The molecule has 1 N–H and O–H groups in total. The number of ether oxygens (including phenoxy) is 1. The SMILES string of the molecule is O=C(O)c1ccc(Br)c(OCc2cscn2)c1. The first-order valence-corrected chi connectivity index (χ1v) is 6.43. The summed E-state index contributed by atoms with van der Waals surface area (Å²) in [5.74, 6) is -0.478. The molecule has 1 aromatic carbocycles. The first-order valence-electron chi connectivity index (χ1n) is 4.69. The summed E-state index contributed by atoms with van der Waals surface area (Å²) < 4.78 is 6.23. The number of rotatable bonds is 4. The second kappa shape index (κ2) is 5.29. The molecule has 0 aliphatic rings. The molecule has 2 rings (SSSR count). The fourth-order valence-corrected chi connectivity index (χ4v) is 2.11. The maximum absolute atomic E-state index is 10.8. The number of hydrogen-bond acceptors (Lipinski definition) is 4. The van der Waals surface area contributed by atoms with Gasteiger partial charge in [-0.2, -0.15) is 0 Å². The lowest BCUT2D eigenvalue weighted by atomic mass is 10.2. The predicted molar refractivity (Wildman–Crippen MR) is 67.5 cm³/mol. The standard InChI is InChI=1S/C11H8BrNO3S/c12-9-2-1-7(11(14)15)3-10(9)16-4-8-5-17-6-13-8/h1-3,5-6H,4H2,(H,14,15). The van der Waals surface area contributed by atoms with Crippen LogP contribution >= 0.6 is 27.3 Å². The van der Waals surface area contributed by atoms with E-state index in [1.54, 1.807) is 11.6 Å². The van der Waals surface area contributed by atoms with Gasteiger partial charge in [0.1, 0.15) is 12.4 Å². The van der Waals surface area contributed by atoms with Gasteiger partial charge in [-0.05, 0) is 34.1 Å². The van der Waals surface area contributed by atoms with Crippen LogP contribution in [0.1, 0.15) is 16.1 Å². The van der Waals surface area contributed by atoms with Crippen LogP contribution in [0, 0.1) is 0 Å². The van der Waals surface area contributed by atoms with Crippen molar-refractivity contribution in [1.82, 2.24) is 4.98 Å². The zero-order valence-electron chi connectivity index (χ0n) is 8.59. The van der Waals surface area contributed by atoms with Crippen molar-refractivity contribution in [3.05, 3.63) is 44.8 Å². The summed E-state index contributed by atoms with van der Waals surface area (Å²) in [7, 11) is 0. The van der Waals surface area contributed by atoms with Crippen LogP contribution in [0.2, 0.25) is 0 Å². The largest absolute Gasteiger partial charge is 0.486 e. The van der Waals surface area contributed by atoms with Gasteiger partial charge in [-0.25, -0.2) is 9.78 Å². The molecule has 0 radical (unpaired) electrons. The molecule has 0 aliphatic heterocycles. The Morgan fingerprint density at radius 1 is 1.53 bits per heavy atom. The molecule has 1 heterocycles. The van der Waals surface area contributed by atoms with E-state index in [0.29, 0.717) is 12.4 Å². The fourth-order valence-electron chi connectivity index (χ4n) is 1.21. The molecule has 1 aromatic heterocycles. The number of benzene rings is 1. The Morgan fingerprint density at radius 3 is 3.00 bits per heavy atom. The number of carboxylic acids is 1. The minimum absolute atomic E-state index is 0.196. The maximum atomic E-state index is 10.8. The van der Waals surface area contributed by atoms with Gasteiger partial charge in [-0.3, -0.25) is 0 Å². The lowest BCUT2D eigenvalue weighted by Crippen LogP contribution is -2.00. The first-order chi connectivity index (χ1) is 8.16. The van der Waals surface area contributed by atoms with Crippen molar-refractivity contribution in [2.75, 3.05) is 0 Å². The average molecular weight is 314 g/mol. The lowest BCUT2D eigenvalue weighted by molar-refractivity contribution is 0.0696. The lowest BCUT2D eigenvalue weighted by Gasteiger charge is -2.07. The number of aromatic carboxylic acids is 1. The number of halogens is 1. The number of carboxylic acid groups (broad SMARTS) is 1. The summed E-state index contributed by atoms with van der Waals surface area (Å²) in [6.45, 7) is 0.325. The summed E-state index contributed by atoms with van der Waals surface area (Å²) in [5, 5.41) is 10.8. The van der Waals surface area contributed by atoms with Gasteiger partial charge in [-0.15, -0.1) is 11.3 Å². The Hall–Kier alpha value is -1.40. The first kappa shape index (κ1) is 12.1. The van der Waals surface area contributed by atoms with Crippen molar-refractivity contribution < 1.29 is 14.6 Å². The summed E-state index contributed by atoms with van der Waals surface area (Å²) in [4.78, 5) is 14.9. The van der Waals surface area contributed by atoms with E-state index >= 15 is 0 Å². The molecule has 0 saturated carbocycles. The van der Waals surface area contributed by atoms with Crippen LogP contribution in [0.4, 0.5) is 0 Å². The molecule has 0 aliphatic carbocycles. The normalized spacial score (nSPS) is 10.2. The van der Waals surface area contributed by atoms with Crippen LogP contribution < -0.4 is 4.74 Å². The van der Waals surface area contributed by atoms with Gasteiger partial charge in [0.25, 0.3) is 0 Å². The molecule has 6 heteroatoms. The molecule has 0 unspecified atom stereocenters. The molecule has 2 aromatic rings. The molecular weight excluding hydrogens is 306 g/mol. The van der Waals surface area contributed by atoms with E-state index in [-0.39, 0.29) is 5.56 Å². The monoisotopic (exact) mass is 313 g/mol. The summed E-state index contributed by atoms with van der Waals surface area (Å²) in [5.41, 5.74) is 2.74. The van der Waals surface area contributed by atoms with Gasteiger partial charge in [0.15, 0.2) is 0 Å². The number of thiazole rings is 1. The number of carbonyl (C=O) groups is 1. The smallest absolute Gasteiger partial charge is 0.335 e. The second-order valence-electron chi connectivity index (χ2n) is 3.22. The Balaban J connectivity index is 2.14. The predicted octanol–water partition coefficient (Wildman–Crippen LogP) is 3.18. The van der Waals surface area contributed by atoms with E-state index < -0.39 is 5.97 Å². The zero-order chi connectivity index (χ0) is 12.3. The van der Waals surface area contributed by atoms with E-state index in [1.165, 1.54) is 23.5 Å². The van der Waals surface area contributed by atoms with Crippen LogP contribution in [0.3, 0.4) is 0 Å². The van der Waals surface area contributed by atoms with E-state index in [1.807, 2.05) is 5.38 Å². The molecule has 0 spiro atoms. The quantitative estimate of drug-likeness (QED) is 0.941. The molecule has 0 amide bonds. The molecule has 0 fully saturated rings. The highest BCUT2D eigenvalue weighted by Crippen LogP contribution is 2.26. The van der Waals surface area contributed by atoms with Crippen molar-refractivity contribution in [3.8, 4) is 5.75 Å². The van der Waals surface area contributed by atoms with Gasteiger partial charge in [0.05, 0.1) is 21.2 Å². The van der Waals surface area contributed by atoms with E-state index in [4.69, 9.17) is 9.84 Å². The molecule has 4 nitrogen and oxygen atoms in total. The van der Waals surface area contributed by atoms with Gasteiger partial charge < -0.3 is 9.84 Å². The van der Waals surface area contributed by atoms with Gasteiger partial charge in [-0.1, -0.05) is 0 Å². The van der Waals surface area contributed by atoms with E-state index in [2.05, 4.69) is 20.9 Å². The molecule has 0 atom stereocenters. The highest BCUT2D eigenvalue weighted by molar-refractivity contribution is 9.10. The molecular formula is C11H8BrNO3S. The number of hydrogen-bond donors (Lipinski definition) is 1. The Morgan fingerprint density at radius 2 is 2.35 bits per heavy atom. The Kier molecular flexibility index (Phi) is 3.75. The fraction of sp³-hybridized carbons (Fsp3) is 0.0909. The Labute approximate surface area is 110 Å². The van der Waals surface area contributed by atoms with E-state index in [0.717, 1.165) is 10.2 Å². The number of aromatic nitrogens is 1. The molecule has 0 bridgehead atoms. The topological polar surface area (TPSA) is 59.4 Å². The summed E-state index contributed by atoms with van der Waals surface area (Å²) >= 11 is 4.80. The van der Waals surface area contributed by atoms with Crippen LogP contribution in [-0.2, 0) is 6.61 Å². The average Bonchev–Trinajstić information content (AvgIpc) is 2.80. The highest BCUT2D eigenvalue weighted by atomic mass is 79.9. The van der Waals surface area contributed by atoms with Crippen molar-refractivity contribution in [1.29, 1.82) is 0 Å². The Bertz CT molecular complexity index is 528. The maximum Gasteiger partial charge on any atom is 0.335 e. The summed E-state index contributed by atoms with van der Waals surface area (Å²) in [6, 6.07) is 4.65. The molecule has 0 saturated heterocycles. The van der Waals surface area contributed by atoms with Gasteiger partial charge in [0, 0.05) is 5.38 Å². The third-order valence-electron chi connectivity index (χ3n) is 2.04. The summed E-state index contributed by atoms with van der Waals surface area (Å²) in [6.07, 6.45) is 0. The van der Waals surface area contributed by atoms with Crippen LogP contribution in [0.15, 0.2) is 33.6 Å². The molecule has 88 valence electrons. The zero-order valence-corrected chi connectivity index (χ0v) is 11.0. The van der Waals surface area contributed by atoms with Crippen molar-refractivity contribution in [2.24, 2.45) is 0 Å². The third kappa shape index (κ3) is 3.04. The van der Waals surface area contributed by atoms with Crippen LogP contribution in [-0.4, -0.2) is 16.1 Å². The minimum Gasteiger partial charge on any atom is -0.486 e. The van der Waals surface area contributed by atoms with Gasteiger partial charge in [0.2, 0.25) is 0 Å².